The van der Waals surface area contributed by atoms with Gasteiger partial charge < -0.3 is 5.32 Å². The lowest BCUT2D eigenvalue weighted by Gasteiger charge is -2.39. The van der Waals surface area contributed by atoms with E-state index in [1.807, 2.05) is 12.1 Å². The van der Waals surface area contributed by atoms with Crippen molar-refractivity contribution in [3.05, 3.63) is 33.9 Å². The monoisotopic (exact) mass is 277 g/mol. The largest absolute Gasteiger partial charge is 0.383 e. The minimum Gasteiger partial charge on any atom is -0.383 e. The summed E-state index contributed by atoms with van der Waals surface area (Å²) in [4.78, 5) is 13.1. The van der Waals surface area contributed by atoms with E-state index in [9.17, 15) is 10.1 Å². The maximum absolute atomic E-state index is 10.9. The number of rotatable bonds is 4. The Morgan fingerprint density at radius 1 is 1.35 bits per heavy atom. The van der Waals surface area contributed by atoms with Gasteiger partial charge in [0.25, 0.3) is 5.69 Å². The molecule has 0 radical (unpaired) electrons. The lowest BCUT2D eigenvalue weighted by molar-refractivity contribution is -0.384. The van der Waals surface area contributed by atoms with Crippen LogP contribution >= 0.6 is 0 Å². The lowest BCUT2D eigenvalue weighted by Crippen LogP contribution is -2.42. The van der Waals surface area contributed by atoms with Gasteiger partial charge >= 0.3 is 0 Å². The molecule has 1 heterocycles. The Balaban J connectivity index is 2.19. The van der Waals surface area contributed by atoms with Crippen LogP contribution < -0.4 is 5.32 Å². The van der Waals surface area contributed by atoms with Gasteiger partial charge in [-0.25, -0.2) is 0 Å². The van der Waals surface area contributed by atoms with Crippen molar-refractivity contribution in [1.29, 1.82) is 0 Å². The maximum atomic E-state index is 10.9. The molecule has 110 valence electrons. The SMILES string of the molecule is CNc1cc(CN2[C@H](C)CCC[C@@H]2C)ccc1[N+](=O)[O-]. The molecule has 1 aromatic rings. The third-order valence-electron chi connectivity index (χ3n) is 4.27. The maximum Gasteiger partial charge on any atom is 0.292 e. The lowest BCUT2D eigenvalue weighted by atomic mass is 9.96. The number of hydrogen-bond acceptors (Lipinski definition) is 4. The van der Waals surface area contributed by atoms with Crippen LogP contribution in [0.15, 0.2) is 18.2 Å². The molecule has 1 saturated heterocycles. The Hall–Kier alpha value is -1.62. The van der Waals surface area contributed by atoms with Gasteiger partial charge in [-0.2, -0.15) is 0 Å². The minimum absolute atomic E-state index is 0.135. The van der Waals surface area contributed by atoms with Crippen LogP contribution in [0.5, 0.6) is 0 Å². The molecule has 1 N–H and O–H groups in total. The van der Waals surface area contributed by atoms with Crippen molar-refractivity contribution in [2.75, 3.05) is 12.4 Å². The van der Waals surface area contributed by atoms with Crippen molar-refractivity contribution < 1.29 is 4.92 Å². The highest BCUT2D eigenvalue weighted by Gasteiger charge is 2.25. The van der Waals surface area contributed by atoms with E-state index in [4.69, 9.17) is 0 Å². The fraction of sp³-hybridized carbons (Fsp3) is 0.600. The average molecular weight is 277 g/mol. The zero-order valence-corrected chi connectivity index (χ0v) is 12.4. The molecule has 1 aliphatic heterocycles. The number of likely N-dealkylation sites (tertiary alicyclic amines) is 1. The first-order chi connectivity index (χ1) is 9.52. The van der Waals surface area contributed by atoms with Gasteiger partial charge in [0.05, 0.1) is 4.92 Å². The van der Waals surface area contributed by atoms with Crippen molar-refractivity contribution in [3.63, 3.8) is 0 Å². The number of piperidine rings is 1. The molecule has 5 heteroatoms. The fourth-order valence-electron chi connectivity index (χ4n) is 3.04. The standard InChI is InChI=1S/C15H23N3O2/c1-11-5-4-6-12(2)17(11)10-13-7-8-15(18(19)20)14(9-13)16-3/h7-9,11-12,16H,4-6,10H2,1-3H3/t11-,12+. The van der Waals surface area contributed by atoms with Crippen molar-refractivity contribution in [1.82, 2.24) is 4.90 Å². The number of nitrogens with zero attached hydrogens (tertiary/aromatic N) is 2. The summed E-state index contributed by atoms with van der Waals surface area (Å²) in [6.07, 6.45) is 3.76. The molecular weight excluding hydrogens is 254 g/mol. The van der Waals surface area contributed by atoms with Gasteiger partial charge in [0, 0.05) is 31.7 Å². The molecule has 20 heavy (non-hydrogen) atoms. The third kappa shape index (κ3) is 3.10. The van der Waals surface area contributed by atoms with Crippen LogP contribution in [-0.4, -0.2) is 29.0 Å². The number of benzene rings is 1. The summed E-state index contributed by atoms with van der Waals surface area (Å²) in [7, 11) is 1.72. The Morgan fingerprint density at radius 2 is 2.00 bits per heavy atom. The number of nitrogens with one attached hydrogen (secondary N) is 1. The van der Waals surface area contributed by atoms with Crippen LogP contribution in [0.1, 0.15) is 38.7 Å². The van der Waals surface area contributed by atoms with E-state index >= 15 is 0 Å². The first-order valence-electron chi connectivity index (χ1n) is 7.23. The molecule has 0 bridgehead atoms. The second-order valence-electron chi connectivity index (χ2n) is 5.66. The molecular formula is C15H23N3O2. The number of nitro benzene ring substituents is 1. The van der Waals surface area contributed by atoms with E-state index in [0.29, 0.717) is 17.8 Å². The molecule has 1 aliphatic rings. The van der Waals surface area contributed by atoms with Gasteiger partial charge in [-0.05, 0) is 38.3 Å². The van der Waals surface area contributed by atoms with Crippen molar-refractivity contribution in [2.45, 2.75) is 51.7 Å². The van der Waals surface area contributed by atoms with E-state index in [1.54, 1.807) is 13.1 Å². The predicted molar refractivity (Wildman–Crippen MR) is 81.0 cm³/mol. The third-order valence-corrected chi connectivity index (χ3v) is 4.27. The summed E-state index contributed by atoms with van der Waals surface area (Å²) in [5, 5.41) is 13.9. The molecule has 0 unspecified atom stereocenters. The summed E-state index contributed by atoms with van der Waals surface area (Å²) in [5.74, 6) is 0. The summed E-state index contributed by atoms with van der Waals surface area (Å²) < 4.78 is 0. The van der Waals surface area contributed by atoms with E-state index in [2.05, 4.69) is 24.1 Å². The molecule has 2 rings (SSSR count). The second kappa shape index (κ2) is 6.22. The van der Waals surface area contributed by atoms with Gasteiger partial charge in [0.15, 0.2) is 0 Å². The summed E-state index contributed by atoms with van der Waals surface area (Å²) >= 11 is 0. The fourth-order valence-corrected chi connectivity index (χ4v) is 3.04. The number of hydrogen-bond donors (Lipinski definition) is 1. The van der Waals surface area contributed by atoms with E-state index in [0.717, 1.165) is 12.1 Å². The van der Waals surface area contributed by atoms with Crippen LogP contribution in [-0.2, 0) is 6.54 Å². The molecule has 2 atom stereocenters. The second-order valence-corrected chi connectivity index (χ2v) is 5.66. The molecule has 5 nitrogen and oxygen atoms in total. The minimum atomic E-state index is -0.345. The van der Waals surface area contributed by atoms with Gasteiger partial charge in [-0.3, -0.25) is 15.0 Å². The van der Waals surface area contributed by atoms with Gasteiger partial charge in [-0.1, -0.05) is 12.5 Å². The smallest absolute Gasteiger partial charge is 0.292 e. The molecule has 0 aliphatic carbocycles. The zero-order chi connectivity index (χ0) is 14.7. The van der Waals surface area contributed by atoms with Gasteiger partial charge in [-0.15, -0.1) is 0 Å². The number of anilines is 1. The predicted octanol–water partition coefficient (Wildman–Crippen LogP) is 3.40. The Morgan fingerprint density at radius 3 is 2.55 bits per heavy atom. The molecule has 1 fully saturated rings. The van der Waals surface area contributed by atoms with E-state index in [1.165, 1.54) is 19.3 Å². The Kier molecular flexibility index (Phi) is 4.60. The van der Waals surface area contributed by atoms with Crippen molar-refractivity contribution in [3.8, 4) is 0 Å². The van der Waals surface area contributed by atoms with E-state index in [-0.39, 0.29) is 10.6 Å². The summed E-state index contributed by atoms with van der Waals surface area (Å²) in [6.45, 7) is 5.38. The zero-order valence-electron chi connectivity index (χ0n) is 12.4. The number of nitro groups is 1. The average Bonchev–Trinajstić information content (AvgIpc) is 2.42. The normalized spacial score (nSPS) is 23.6. The summed E-state index contributed by atoms with van der Waals surface area (Å²) in [5.41, 5.74) is 1.85. The Labute approximate surface area is 120 Å². The molecule has 0 saturated carbocycles. The van der Waals surface area contributed by atoms with Crippen LogP contribution in [0.2, 0.25) is 0 Å². The van der Waals surface area contributed by atoms with Gasteiger partial charge in [0.2, 0.25) is 0 Å². The van der Waals surface area contributed by atoms with Crippen LogP contribution in [0.4, 0.5) is 11.4 Å². The molecule has 1 aromatic carbocycles. The highest BCUT2D eigenvalue weighted by Crippen LogP contribution is 2.28. The highest BCUT2D eigenvalue weighted by atomic mass is 16.6. The molecule has 0 amide bonds. The topological polar surface area (TPSA) is 58.4 Å². The van der Waals surface area contributed by atoms with E-state index < -0.39 is 0 Å². The Bertz CT molecular complexity index is 480. The highest BCUT2D eigenvalue weighted by molar-refractivity contribution is 5.62. The first-order valence-corrected chi connectivity index (χ1v) is 7.23. The first kappa shape index (κ1) is 14.8. The van der Waals surface area contributed by atoms with Gasteiger partial charge in [0.1, 0.15) is 5.69 Å². The molecule has 0 spiro atoms. The quantitative estimate of drug-likeness (QED) is 0.677. The molecule has 0 aromatic heterocycles. The van der Waals surface area contributed by atoms with Crippen molar-refractivity contribution >= 4 is 11.4 Å². The van der Waals surface area contributed by atoms with Crippen LogP contribution in [0.25, 0.3) is 0 Å². The van der Waals surface area contributed by atoms with Crippen LogP contribution in [0.3, 0.4) is 0 Å². The van der Waals surface area contributed by atoms with Crippen LogP contribution in [0, 0.1) is 10.1 Å². The van der Waals surface area contributed by atoms with Crippen molar-refractivity contribution in [2.24, 2.45) is 0 Å². The summed E-state index contributed by atoms with van der Waals surface area (Å²) in [6, 6.07) is 6.51.